The first kappa shape index (κ1) is 22.0. The summed E-state index contributed by atoms with van der Waals surface area (Å²) < 4.78 is 7.09. The van der Waals surface area contributed by atoms with Crippen LogP contribution in [0.4, 0.5) is 11.6 Å². The van der Waals surface area contributed by atoms with Crippen LogP contribution in [-0.2, 0) is 11.5 Å². The first-order valence-corrected chi connectivity index (χ1v) is 21.4. The molecule has 0 saturated heterocycles. The molecule has 4 aromatic rings. The summed E-state index contributed by atoms with van der Waals surface area (Å²) in [5.74, 6) is 0.718. The number of aromatic nitrogens is 5. The van der Waals surface area contributed by atoms with Crippen molar-refractivity contribution in [2.24, 2.45) is 0 Å². The van der Waals surface area contributed by atoms with Gasteiger partial charge in [0.25, 0.3) is 0 Å². The summed E-state index contributed by atoms with van der Waals surface area (Å²) in [6.45, 7) is 2.47. The van der Waals surface area contributed by atoms with Gasteiger partial charge < -0.3 is 15.9 Å². The second kappa shape index (κ2) is 9.91. The number of halogens is 3. The predicted octanol–water partition coefficient (Wildman–Crippen LogP) is 4.66. The first-order chi connectivity index (χ1) is 13.3. The maximum atomic E-state index is 5.86. The second-order valence-electron chi connectivity index (χ2n) is 5.71. The average molecular weight is 753 g/mol. The zero-order chi connectivity index (χ0) is 20.3. The number of benzene rings is 1. The molecule has 0 atom stereocenters. The SMILES string of the molecule is Cc1cc(Cn2nnc3c(-c4ccco4)nc(N)nc32)ccc1N.[I][V]([I])[I]. The molecule has 4 N–H and O–H groups in total. The summed E-state index contributed by atoms with van der Waals surface area (Å²) >= 11 is 7.39. The number of anilines is 2. The normalized spacial score (nSPS) is 10.9. The molecule has 12 heteroatoms. The van der Waals surface area contributed by atoms with Gasteiger partial charge >= 0.3 is 64.9 Å². The molecule has 0 aliphatic heterocycles. The fourth-order valence-electron chi connectivity index (χ4n) is 2.57. The van der Waals surface area contributed by atoms with E-state index in [1.54, 1.807) is 23.1 Å². The Hall–Kier alpha value is -0.646. The summed E-state index contributed by atoms with van der Waals surface area (Å²) in [5.41, 5.74) is 16.2. The zero-order valence-corrected chi connectivity index (χ0v) is 22.4. The van der Waals surface area contributed by atoms with Crippen molar-refractivity contribution < 1.29 is 9.34 Å². The molecule has 0 aliphatic rings. The molecule has 0 amide bonds. The third-order valence-corrected chi connectivity index (χ3v) is 3.80. The first-order valence-electron chi connectivity index (χ1n) is 7.88. The summed E-state index contributed by atoms with van der Waals surface area (Å²) in [4.78, 5) is 8.23. The van der Waals surface area contributed by atoms with Crippen LogP contribution in [0.5, 0.6) is 0 Å². The molecule has 0 unspecified atom stereocenters. The van der Waals surface area contributed by atoms with Crippen molar-refractivity contribution in [3.05, 3.63) is 47.7 Å². The minimum atomic E-state index is -0.278. The van der Waals surface area contributed by atoms with Crippen LogP contribution >= 0.6 is 59.9 Å². The number of rotatable bonds is 3. The third-order valence-electron chi connectivity index (χ3n) is 3.80. The van der Waals surface area contributed by atoms with Crippen LogP contribution in [0.15, 0.2) is 41.0 Å². The van der Waals surface area contributed by atoms with Gasteiger partial charge in [-0.2, -0.15) is 4.98 Å². The van der Waals surface area contributed by atoms with E-state index < -0.39 is 0 Å². The van der Waals surface area contributed by atoms with Gasteiger partial charge in [-0.15, -0.1) is 5.10 Å². The molecule has 3 aromatic heterocycles. The summed E-state index contributed by atoms with van der Waals surface area (Å²) in [6.07, 6.45) is 1.57. The van der Waals surface area contributed by atoms with Gasteiger partial charge in [-0.3, -0.25) is 0 Å². The van der Waals surface area contributed by atoms with Crippen LogP contribution in [0.3, 0.4) is 0 Å². The number of nitrogens with zero attached hydrogens (tertiary/aromatic N) is 5. The maximum absolute atomic E-state index is 5.86. The van der Waals surface area contributed by atoms with Crippen molar-refractivity contribution in [1.29, 1.82) is 0 Å². The fraction of sp³-hybridized carbons (Fsp3) is 0.125. The van der Waals surface area contributed by atoms with E-state index in [0.717, 1.165) is 16.8 Å². The minimum absolute atomic E-state index is 0.144. The number of aryl methyl sites for hydroxylation is 1. The van der Waals surface area contributed by atoms with Crippen LogP contribution in [0.25, 0.3) is 22.6 Å². The fourth-order valence-corrected chi connectivity index (χ4v) is 2.57. The number of hydrogen-bond acceptors (Lipinski definition) is 7. The molecule has 0 spiro atoms. The van der Waals surface area contributed by atoms with E-state index in [1.807, 2.05) is 25.1 Å². The third kappa shape index (κ3) is 5.49. The summed E-state index contributed by atoms with van der Waals surface area (Å²) in [7, 11) is 0. The van der Waals surface area contributed by atoms with Gasteiger partial charge in [0.2, 0.25) is 5.95 Å². The van der Waals surface area contributed by atoms with Crippen LogP contribution in [-0.4, -0.2) is 25.0 Å². The molecular weight excluding hydrogens is 738 g/mol. The Balaban J connectivity index is 0.000000516. The van der Waals surface area contributed by atoms with Gasteiger partial charge in [0.05, 0.1) is 12.8 Å². The quantitative estimate of drug-likeness (QED) is 0.231. The number of nitrogens with two attached hydrogens (primary N) is 2. The van der Waals surface area contributed by atoms with Crippen LogP contribution in [0, 0.1) is 6.92 Å². The number of nitrogen functional groups attached to an aromatic ring is 2. The van der Waals surface area contributed by atoms with Crippen molar-refractivity contribution in [2.45, 2.75) is 13.5 Å². The Morgan fingerprint density at radius 2 is 1.89 bits per heavy atom. The molecule has 0 bridgehead atoms. The molecule has 0 radical (unpaired) electrons. The number of furan rings is 1. The van der Waals surface area contributed by atoms with Crippen LogP contribution in [0.2, 0.25) is 0 Å². The van der Waals surface area contributed by atoms with E-state index in [1.165, 1.54) is 0 Å². The van der Waals surface area contributed by atoms with Crippen LogP contribution in [0.1, 0.15) is 11.1 Å². The molecule has 146 valence electrons. The number of fused-ring (bicyclic) bond motifs is 1. The molecule has 0 aliphatic carbocycles. The molecule has 28 heavy (non-hydrogen) atoms. The van der Waals surface area contributed by atoms with Gasteiger partial charge in [0, 0.05) is 5.69 Å². The van der Waals surface area contributed by atoms with Crippen LogP contribution < -0.4 is 11.5 Å². The molecule has 1 aromatic carbocycles. The number of hydrogen-bond donors (Lipinski definition) is 2. The van der Waals surface area contributed by atoms with E-state index >= 15 is 0 Å². The van der Waals surface area contributed by atoms with Gasteiger partial charge in [-0.1, -0.05) is 17.3 Å². The summed E-state index contributed by atoms with van der Waals surface area (Å²) in [5, 5.41) is 8.39. The summed E-state index contributed by atoms with van der Waals surface area (Å²) in [6, 6.07) is 9.42. The Bertz CT molecular complexity index is 1080. The van der Waals surface area contributed by atoms with E-state index in [9.17, 15) is 0 Å². The van der Waals surface area contributed by atoms with Crippen molar-refractivity contribution in [3.63, 3.8) is 0 Å². The van der Waals surface area contributed by atoms with Gasteiger partial charge in [0.1, 0.15) is 5.69 Å². The van der Waals surface area contributed by atoms with Crippen molar-refractivity contribution in [1.82, 2.24) is 25.0 Å². The topological polar surface area (TPSA) is 122 Å². The second-order valence-corrected chi connectivity index (χ2v) is 41.1. The molecule has 4 rings (SSSR count). The predicted molar refractivity (Wildman–Crippen MR) is 132 cm³/mol. The van der Waals surface area contributed by atoms with E-state index in [2.05, 4.69) is 80.2 Å². The van der Waals surface area contributed by atoms with Gasteiger partial charge in [-0.05, 0) is 36.2 Å². The van der Waals surface area contributed by atoms with Gasteiger partial charge in [-0.25, -0.2) is 9.67 Å². The van der Waals surface area contributed by atoms with Gasteiger partial charge in [0.15, 0.2) is 16.9 Å². The standard InChI is InChI=1S/C16H15N7O.3HI.V/c1-9-7-10(4-5-11(9)17)8-23-15-14(21-22-23)13(19-16(18)20-15)12-3-2-6-24-12;;;;/h2-7H,8,17H2,1H3,(H2,18,19,20);3*1H;/q;;;;+3/p-3. The van der Waals surface area contributed by atoms with Crippen molar-refractivity contribution in [3.8, 4) is 11.5 Å². The monoisotopic (exact) mass is 753 g/mol. The molecule has 8 nitrogen and oxygen atoms in total. The zero-order valence-electron chi connectivity index (χ0n) is 14.6. The Labute approximate surface area is 198 Å². The van der Waals surface area contributed by atoms with E-state index in [0.29, 0.717) is 29.2 Å². The molecule has 0 fully saturated rings. The Morgan fingerprint density at radius 3 is 2.54 bits per heavy atom. The molecular formula is C16H15I3N7OV. The van der Waals surface area contributed by atoms with E-state index in [4.69, 9.17) is 15.9 Å². The average Bonchev–Trinajstić information content (AvgIpc) is 3.28. The molecule has 0 saturated carbocycles. The van der Waals surface area contributed by atoms with E-state index in [-0.39, 0.29) is 10.9 Å². The Morgan fingerprint density at radius 1 is 1.14 bits per heavy atom. The Kier molecular flexibility index (Phi) is 7.80. The van der Waals surface area contributed by atoms with Crippen molar-refractivity contribution >= 4 is 82.7 Å². The molecule has 3 heterocycles. The van der Waals surface area contributed by atoms with Crippen molar-refractivity contribution in [2.75, 3.05) is 11.5 Å².